The molecule has 2 amide bonds. The summed E-state index contributed by atoms with van der Waals surface area (Å²) in [7, 11) is 0. The quantitative estimate of drug-likeness (QED) is 0.635. The summed E-state index contributed by atoms with van der Waals surface area (Å²) in [6.45, 7) is 5.87. The lowest BCUT2D eigenvalue weighted by atomic mass is 10.1. The van der Waals surface area contributed by atoms with Crippen molar-refractivity contribution in [1.82, 2.24) is 0 Å². The molecule has 0 aliphatic carbocycles. The zero-order valence-electron chi connectivity index (χ0n) is 16.9. The zero-order chi connectivity index (χ0) is 21.1. The van der Waals surface area contributed by atoms with Gasteiger partial charge >= 0.3 is 5.97 Å². The van der Waals surface area contributed by atoms with Gasteiger partial charge in [-0.1, -0.05) is 0 Å². The van der Waals surface area contributed by atoms with Crippen LogP contribution in [0.15, 0.2) is 36.4 Å². The predicted molar refractivity (Wildman–Crippen MR) is 112 cm³/mol. The number of benzene rings is 2. The number of carbonyl (C=O) groups excluding carboxylic acids is 3. The lowest BCUT2D eigenvalue weighted by molar-refractivity contribution is -0.142. The molecule has 0 radical (unpaired) electrons. The van der Waals surface area contributed by atoms with E-state index in [1.165, 1.54) is 4.90 Å². The standard InChI is InChI=1S/C22H25N3O4/c1-4-29-21(27)13-25-19-12-15(3)14(2)11-18(19)24(10-9-20(25)26)22(28)16-5-7-17(23)8-6-16/h5-8,11-12H,4,9-10,13,23H2,1-3H3. The van der Waals surface area contributed by atoms with Crippen molar-refractivity contribution >= 4 is 34.8 Å². The first-order valence-corrected chi connectivity index (χ1v) is 9.56. The number of hydrogen-bond acceptors (Lipinski definition) is 5. The number of anilines is 3. The molecule has 2 N–H and O–H groups in total. The molecule has 1 heterocycles. The number of fused-ring (bicyclic) bond motifs is 1. The van der Waals surface area contributed by atoms with Crippen LogP contribution in [0.5, 0.6) is 0 Å². The SMILES string of the molecule is CCOC(=O)CN1C(=O)CCN(C(=O)c2ccc(N)cc2)c2cc(C)c(C)cc21. The van der Waals surface area contributed by atoms with Crippen molar-refractivity contribution in [3.05, 3.63) is 53.1 Å². The molecular formula is C22H25N3O4. The largest absolute Gasteiger partial charge is 0.465 e. The zero-order valence-corrected chi connectivity index (χ0v) is 16.9. The van der Waals surface area contributed by atoms with E-state index >= 15 is 0 Å². The third-order valence-corrected chi connectivity index (χ3v) is 5.02. The molecular weight excluding hydrogens is 370 g/mol. The summed E-state index contributed by atoms with van der Waals surface area (Å²) in [5, 5.41) is 0. The van der Waals surface area contributed by atoms with Gasteiger partial charge in [-0.2, -0.15) is 0 Å². The van der Waals surface area contributed by atoms with E-state index < -0.39 is 5.97 Å². The lowest BCUT2D eigenvalue weighted by Gasteiger charge is -2.26. The molecule has 0 spiro atoms. The lowest BCUT2D eigenvalue weighted by Crippen LogP contribution is -2.36. The fourth-order valence-electron chi connectivity index (χ4n) is 3.32. The number of amides is 2. The first-order chi connectivity index (χ1) is 13.8. The van der Waals surface area contributed by atoms with Crippen molar-refractivity contribution in [3.8, 4) is 0 Å². The molecule has 7 heteroatoms. The highest BCUT2D eigenvalue weighted by Crippen LogP contribution is 2.36. The van der Waals surface area contributed by atoms with E-state index in [-0.39, 0.29) is 37.9 Å². The van der Waals surface area contributed by atoms with Crippen molar-refractivity contribution in [2.24, 2.45) is 0 Å². The van der Waals surface area contributed by atoms with Crippen molar-refractivity contribution in [3.63, 3.8) is 0 Å². The Morgan fingerprint density at radius 1 is 1.07 bits per heavy atom. The van der Waals surface area contributed by atoms with Gasteiger partial charge in [0.05, 0.1) is 18.0 Å². The number of aryl methyl sites for hydroxylation is 2. The number of nitrogen functional groups attached to an aromatic ring is 1. The van der Waals surface area contributed by atoms with Gasteiger partial charge in [-0.15, -0.1) is 0 Å². The molecule has 0 saturated heterocycles. The van der Waals surface area contributed by atoms with E-state index in [9.17, 15) is 14.4 Å². The van der Waals surface area contributed by atoms with Gasteiger partial charge in [-0.05, 0) is 68.3 Å². The highest BCUT2D eigenvalue weighted by atomic mass is 16.5. The minimum atomic E-state index is -0.483. The van der Waals surface area contributed by atoms with E-state index in [4.69, 9.17) is 10.5 Å². The van der Waals surface area contributed by atoms with Crippen molar-refractivity contribution in [1.29, 1.82) is 0 Å². The average Bonchev–Trinajstić information content (AvgIpc) is 2.80. The highest BCUT2D eigenvalue weighted by molar-refractivity contribution is 6.12. The normalized spacial score (nSPS) is 13.7. The Kier molecular flexibility index (Phi) is 5.87. The summed E-state index contributed by atoms with van der Waals surface area (Å²) in [5.74, 6) is -0.932. The van der Waals surface area contributed by atoms with Crippen LogP contribution in [0.4, 0.5) is 17.1 Å². The van der Waals surface area contributed by atoms with Crippen LogP contribution in [0.2, 0.25) is 0 Å². The van der Waals surface area contributed by atoms with Crippen LogP contribution in [-0.2, 0) is 14.3 Å². The summed E-state index contributed by atoms with van der Waals surface area (Å²) in [5.41, 5.74) is 9.87. The van der Waals surface area contributed by atoms with E-state index in [0.717, 1.165) is 11.1 Å². The molecule has 0 bridgehead atoms. The van der Waals surface area contributed by atoms with E-state index in [2.05, 4.69) is 0 Å². The maximum atomic E-state index is 13.2. The van der Waals surface area contributed by atoms with Crippen LogP contribution in [0.25, 0.3) is 0 Å². The summed E-state index contributed by atoms with van der Waals surface area (Å²) < 4.78 is 5.03. The summed E-state index contributed by atoms with van der Waals surface area (Å²) >= 11 is 0. The molecule has 1 aliphatic rings. The molecule has 2 aromatic carbocycles. The third-order valence-electron chi connectivity index (χ3n) is 5.02. The monoisotopic (exact) mass is 395 g/mol. The first-order valence-electron chi connectivity index (χ1n) is 9.56. The highest BCUT2D eigenvalue weighted by Gasteiger charge is 2.31. The van der Waals surface area contributed by atoms with Crippen molar-refractivity contribution in [2.75, 3.05) is 35.2 Å². The fourth-order valence-corrected chi connectivity index (χ4v) is 3.32. The number of hydrogen-bond donors (Lipinski definition) is 1. The summed E-state index contributed by atoms with van der Waals surface area (Å²) in [6, 6.07) is 10.4. The van der Waals surface area contributed by atoms with Crippen LogP contribution in [0, 0.1) is 13.8 Å². The molecule has 0 fully saturated rings. The van der Waals surface area contributed by atoms with Gasteiger partial charge in [-0.25, -0.2) is 0 Å². The van der Waals surface area contributed by atoms with Gasteiger partial charge in [-0.3, -0.25) is 19.3 Å². The molecule has 7 nitrogen and oxygen atoms in total. The number of rotatable bonds is 4. The Balaban J connectivity index is 2.07. The van der Waals surface area contributed by atoms with E-state index in [1.54, 1.807) is 36.1 Å². The molecule has 0 saturated carbocycles. The Morgan fingerprint density at radius 3 is 2.31 bits per heavy atom. The van der Waals surface area contributed by atoms with E-state index in [0.29, 0.717) is 22.6 Å². The molecule has 3 rings (SSSR count). The number of carbonyl (C=O) groups is 3. The molecule has 29 heavy (non-hydrogen) atoms. The van der Waals surface area contributed by atoms with Crippen molar-refractivity contribution < 1.29 is 19.1 Å². The second-order valence-corrected chi connectivity index (χ2v) is 7.04. The maximum absolute atomic E-state index is 13.2. The van der Waals surface area contributed by atoms with Crippen LogP contribution < -0.4 is 15.5 Å². The van der Waals surface area contributed by atoms with Gasteiger partial charge in [0.15, 0.2) is 0 Å². The molecule has 2 aromatic rings. The molecule has 0 aromatic heterocycles. The van der Waals surface area contributed by atoms with Gasteiger partial charge < -0.3 is 15.4 Å². The van der Waals surface area contributed by atoms with Crippen LogP contribution in [0.1, 0.15) is 34.8 Å². The van der Waals surface area contributed by atoms with Gasteiger partial charge in [0.1, 0.15) is 6.54 Å². The van der Waals surface area contributed by atoms with Gasteiger partial charge in [0.25, 0.3) is 5.91 Å². The van der Waals surface area contributed by atoms with Gasteiger partial charge in [0.2, 0.25) is 5.91 Å². The molecule has 0 unspecified atom stereocenters. The smallest absolute Gasteiger partial charge is 0.326 e. The average molecular weight is 395 g/mol. The second kappa shape index (κ2) is 8.34. The second-order valence-electron chi connectivity index (χ2n) is 7.04. The molecule has 152 valence electrons. The maximum Gasteiger partial charge on any atom is 0.326 e. The number of ether oxygens (including phenoxy) is 1. The Morgan fingerprint density at radius 2 is 1.69 bits per heavy atom. The minimum absolute atomic E-state index is 0.104. The van der Waals surface area contributed by atoms with Crippen LogP contribution in [-0.4, -0.2) is 37.5 Å². The predicted octanol–water partition coefficient (Wildman–Crippen LogP) is 2.83. The summed E-state index contributed by atoms with van der Waals surface area (Å²) in [4.78, 5) is 41.1. The van der Waals surface area contributed by atoms with Crippen LogP contribution in [0.3, 0.4) is 0 Å². The number of nitrogens with two attached hydrogens (primary N) is 1. The van der Waals surface area contributed by atoms with Crippen molar-refractivity contribution in [2.45, 2.75) is 27.2 Å². The third kappa shape index (κ3) is 4.23. The first kappa shape index (κ1) is 20.4. The topological polar surface area (TPSA) is 92.9 Å². The van der Waals surface area contributed by atoms with Gasteiger partial charge in [0, 0.05) is 24.2 Å². The van der Waals surface area contributed by atoms with Crippen LogP contribution >= 0.6 is 0 Å². The van der Waals surface area contributed by atoms with E-state index in [1.807, 2.05) is 26.0 Å². The Bertz CT molecular complexity index is 953. The number of nitrogens with zero attached hydrogens (tertiary/aromatic N) is 2. The summed E-state index contributed by atoms with van der Waals surface area (Å²) in [6.07, 6.45) is 0.104. The Labute approximate surface area is 170 Å². The molecule has 0 atom stereocenters. The minimum Gasteiger partial charge on any atom is -0.465 e. The Hall–Kier alpha value is -3.35. The molecule has 1 aliphatic heterocycles. The number of esters is 1. The fraction of sp³-hybridized carbons (Fsp3) is 0.318.